The van der Waals surface area contributed by atoms with Crippen LogP contribution < -0.4 is 16.0 Å². The molecule has 7 nitrogen and oxygen atoms in total. The first-order valence-electron chi connectivity index (χ1n) is 15.9. The number of para-hydroxylation sites is 2. The van der Waals surface area contributed by atoms with Gasteiger partial charge in [-0.1, -0.05) is 106 Å². The van der Waals surface area contributed by atoms with E-state index < -0.39 is 12.0 Å². The van der Waals surface area contributed by atoms with Crippen LogP contribution in [0.25, 0.3) is 0 Å². The molecule has 0 fully saturated rings. The minimum absolute atomic E-state index is 0.0517. The molecule has 0 unspecified atom stereocenters. The van der Waals surface area contributed by atoms with Gasteiger partial charge in [-0.25, -0.2) is 4.79 Å². The number of halogens is 2. The fourth-order valence-corrected chi connectivity index (χ4v) is 5.34. The summed E-state index contributed by atoms with van der Waals surface area (Å²) in [6, 6.07) is 11.8. The van der Waals surface area contributed by atoms with E-state index in [1.54, 1.807) is 25.1 Å². The Morgan fingerprint density at radius 1 is 0.767 bits per heavy atom. The van der Waals surface area contributed by atoms with Crippen molar-refractivity contribution in [2.24, 2.45) is 0 Å². The molecule has 43 heavy (non-hydrogen) atoms. The number of benzene rings is 2. The summed E-state index contributed by atoms with van der Waals surface area (Å²) in [6.45, 7) is 4.74. The van der Waals surface area contributed by atoms with Crippen LogP contribution in [-0.2, 0) is 25.5 Å². The van der Waals surface area contributed by atoms with E-state index in [4.69, 9.17) is 27.9 Å². The van der Waals surface area contributed by atoms with E-state index in [9.17, 15) is 14.4 Å². The summed E-state index contributed by atoms with van der Waals surface area (Å²) >= 11 is 12.6. The molecule has 0 aliphatic rings. The Morgan fingerprint density at radius 2 is 1.42 bits per heavy atom. The Morgan fingerprint density at radius 3 is 2.09 bits per heavy atom. The minimum Gasteiger partial charge on any atom is -0.464 e. The van der Waals surface area contributed by atoms with Crippen LogP contribution in [0.15, 0.2) is 42.5 Å². The molecule has 3 N–H and O–H groups in total. The van der Waals surface area contributed by atoms with Gasteiger partial charge < -0.3 is 20.7 Å². The van der Waals surface area contributed by atoms with E-state index >= 15 is 0 Å². The Balaban J connectivity index is 1.75. The van der Waals surface area contributed by atoms with E-state index in [1.165, 1.54) is 44.9 Å². The van der Waals surface area contributed by atoms with Crippen LogP contribution in [0.1, 0.15) is 103 Å². The number of nitrogens with one attached hydrogen (secondary N) is 3. The zero-order valence-electron chi connectivity index (χ0n) is 25.8. The molecule has 0 bridgehead atoms. The molecule has 2 aromatic carbocycles. The summed E-state index contributed by atoms with van der Waals surface area (Å²) in [5, 5.41) is 9.98. The van der Waals surface area contributed by atoms with Crippen molar-refractivity contribution in [1.29, 1.82) is 0 Å². The van der Waals surface area contributed by atoms with Crippen molar-refractivity contribution >= 4 is 52.4 Å². The third kappa shape index (κ3) is 15.0. The number of hydrogen-bond donors (Lipinski definition) is 3. The van der Waals surface area contributed by atoms with Gasteiger partial charge in [0.25, 0.3) is 0 Å². The molecule has 0 radical (unpaired) electrons. The van der Waals surface area contributed by atoms with E-state index in [-0.39, 0.29) is 24.8 Å². The summed E-state index contributed by atoms with van der Waals surface area (Å²) in [5.74, 6) is -0.685. The quantitative estimate of drug-likeness (QED) is 0.0891. The van der Waals surface area contributed by atoms with E-state index in [0.29, 0.717) is 53.6 Å². The Labute approximate surface area is 267 Å². The minimum atomic E-state index is -0.761. The van der Waals surface area contributed by atoms with Crippen molar-refractivity contribution in [2.45, 2.75) is 110 Å². The number of carbonyl (C=O) groups is 3. The van der Waals surface area contributed by atoms with Crippen molar-refractivity contribution in [1.82, 2.24) is 10.6 Å². The lowest BCUT2D eigenvalue weighted by Gasteiger charge is -2.18. The average molecular weight is 635 g/mol. The number of carbonyl (C=O) groups excluding carboxylic acids is 3. The molecule has 2 amide bonds. The van der Waals surface area contributed by atoms with Gasteiger partial charge in [-0.2, -0.15) is 0 Å². The van der Waals surface area contributed by atoms with E-state index in [0.717, 1.165) is 18.4 Å². The lowest BCUT2D eigenvalue weighted by molar-refractivity contribution is -0.147. The molecule has 0 spiro atoms. The maximum atomic E-state index is 13.0. The van der Waals surface area contributed by atoms with Crippen LogP contribution in [0.4, 0.5) is 11.4 Å². The highest BCUT2D eigenvalue weighted by Crippen LogP contribution is 2.33. The zero-order chi connectivity index (χ0) is 31.3. The highest BCUT2D eigenvalue weighted by Gasteiger charge is 2.22. The Bertz CT molecular complexity index is 1110. The summed E-state index contributed by atoms with van der Waals surface area (Å²) in [6.07, 6.45) is 13.4. The first-order chi connectivity index (χ1) is 20.8. The fraction of sp³-hybridized carbons (Fsp3) is 0.559. The summed E-state index contributed by atoms with van der Waals surface area (Å²) in [4.78, 5) is 37.8. The second-order valence-electron chi connectivity index (χ2n) is 10.9. The topological polar surface area (TPSA) is 96.5 Å². The van der Waals surface area contributed by atoms with Crippen molar-refractivity contribution in [3.05, 3.63) is 58.1 Å². The smallest absolute Gasteiger partial charge is 0.328 e. The molecule has 0 aliphatic carbocycles. The zero-order valence-corrected chi connectivity index (χ0v) is 27.3. The van der Waals surface area contributed by atoms with Gasteiger partial charge >= 0.3 is 5.97 Å². The largest absolute Gasteiger partial charge is 0.464 e. The Hall–Kier alpha value is -2.77. The van der Waals surface area contributed by atoms with Gasteiger partial charge in [-0.15, -0.1) is 0 Å². The SMILES string of the molecule is CCCCCCCCCCCC(=O)NCCCC[C@H](NC(=O)Cc1ccccc1Nc1c(Cl)cccc1Cl)C(=O)OCC. The van der Waals surface area contributed by atoms with Crippen LogP contribution >= 0.6 is 23.2 Å². The molecule has 0 saturated heterocycles. The highest BCUT2D eigenvalue weighted by atomic mass is 35.5. The van der Waals surface area contributed by atoms with E-state index in [1.807, 2.05) is 24.3 Å². The van der Waals surface area contributed by atoms with Gasteiger partial charge in [-0.05, 0) is 56.4 Å². The molecular formula is C34H49Cl2N3O4. The van der Waals surface area contributed by atoms with Crippen LogP contribution in [0.5, 0.6) is 0 Å². The third-order valence-corrected chi connectivity index (χ3v) is 7.88. The van der Waals surface area contributed by atoms with Gasteiger partial charge in [0.15, 0.2) is 0 Å². The number of hydrogen-bond acceptors (Lipinski definition) is 5. The number of anilines is 2. The number of esters is 1. The average Bonchev–Trinajstić information content (AvgIpc) is 2.98. The molecule has 9 heteroatoms. The van der Waals surface area contributed by atoms with Gasteiger partial charge in [0.05, 0.1) is 28.8 Å². The molecule has 0 aliphatic heterocycles. The second kappa shape index (κ2) is 21.8. The number of unbranched alkanes of at least 4 members (excludes halogenated alkanes) is 9. The number of amides is 2. The molecule has 0 aromatic heterocycles. The molecular weight excluding hydrogens is 585 g/mol. The summed E-state index contributed by atoms with van der Waals surface area (Å²) < 4.78 is 5.21. The van der Waals surface area contributed by atoms with Crippen LogP contribution in [0, 0.1) is 0 Å². The normalized spacial score (nSPS) is 11.5. The number of rotatable bonds is 22. The lowest BCUT2D eigenvalue weighted by atomic mass is 10.1. The Kier molecular flexibility index (Phi) is 18.5. The van der Waals surface area contributed by atoms with Gasteiger partial charge in [0, 0.05) is 18.7 Å². The molecule has 238 valence electrons. The second-order valence-corrected chi connectivity index (χ2v) is 11.7. The van der Waals surface area contributed by atoms with Crippen molar-refractivity contribution in [2.75, 3.05) is 18.5 Å². The maximum Gasteiger partial charge on any atom is 0.328 e. The van der Waals surface area contributed by atoms with Crippen molar-refractivity contribution in [3.63, 3.8) is 0 Å². The van der Waals surface area contributed by atoms with Crippen molar-refractivity contribution < 1.29 is 19.1 Å². The molecule has 0 saturated carbocycles. The van der Waals surface area contributed by atoms with Gasteiger partial charge in [-0.3, -0.25) is 9.59 Å². The van der Waals surface area contributed by atoms with Crippen molar-refractivity contribution in [3.8, 4) is 0 Å². The van der Waals surface area contributed by atoms with E-state index in [2.05, 4.69) is 22.9 Å². The maximum absolute atomic E-state index is 13.0. The first kappa shape index (κ1) is 36.4. The standard InChI is InChI=1S/C34H49Cl2N3O4/c1-3-5-6-7-8-9-10-11-12-23-31(40)37-24-16-15-22-30(34(42)43-4-2)38-32(41)25-26-18-13-14-21-29(26)39-33-27(35)19-17-20-28(33)36/h13-14,17-21,30,39H,3-12,15-16,22-25H2,1-2H3,(H,37,40)(H,38,41)/t30-/m0/s1. The molecule has 2 aromatic rings. The predicted molar refractivity (Wildman–Crippen MR) is 177 cm³/mol. The summed E-state index contributed by atoms with van der Waals surface area (Å²) in [5.41, 5.74) is 1.98. The summed E-state index contributed by atoms with van der Waals surface area (Å²) in [7, 11) is 0. The van der Waals surface area contributed by atoms with Crippen LogP contribution in [0.2, 0.25) is 10.0 Å². The van der Waals surface area contributed by atoms with Gasteiger partial charge in [0.1, 0.15) is 6.04 Å². The molecule has 1 atom stereocenters. The predicted octanol–water partition coefficient (Wildman–Crippen LogP) is 8.53. The first-order valence-corrected chi connectivity index (χ1v) is 16.6. The lowest BCUT2D eigenvalue weighted by Crippen LogP contribution is -2.42. The van der Waals surface area contributed by atoms with Crippen LogP contribution in [0.3, 0.4) is 0 Å². The highest BCUT2D eigenvalue weighted by molar-refractivity contribution is 6.39. The fourth-order valence-electron chi connectivity index (χ4n) is 4.84. The van der Waals surface area contributed by atoms with Crippen LogP contribution in [-0.4, -0.2) is 37.0 Å². The van der Waals surface area contributed by atoms with Gasteiger partial charge in [0.2, 0.25) is 11.8 Å². The number of ether oxygens (including phenoxy) is 1. The molecule has 0 heterocycles. The monoisotopic (exact) mass is 633 g/mol. The third-order valence-electron chi connectivity index (χ3n) is 7.25. The molecule has 2 rings (SSSR count).